The molecule has 0 amide bonds. The number of rotatable bonds is 2. The van der Waals surface area contributed by atoms with Crippen molar-refractivity contribution in [2.45, 2.75) is 6.42 Å². The zero-order chi connectivity index (χ0) is 17.3. The van der Waals surface area contributed by atoms with Crippen LogP contribution in [-0.4, -0.2) is 52.6 Å². The first kappa shape index (κ1) is 16.0. The van der Waals surface area contributed by atoms with E-state index in [0.717, 1.165) is 70.5 Å². The van der Waals surface area contributed by atoms with Crippen LogP contribution in [0.5, 0.6) is 11.5 Å². The Morgan fingerprint density at radius 3 is 1.54 bits per heavy atom. The maximum Gasteiger partial charge on any atom is 0.133 e. The maximum absolute atomic E-state index is 6.32. The number of morpholine rings is 2. The quantitative estimate of drug-likeness (QED) is 0.708. The minimum absolute atomic E-state index is 0.795. The minimum Gasteiger partial charge on any atom is -0.457 e. The normalized spacial score (nSPS) is 19.5. The molecule has 3 aliphatic heterocycles. The van der Waals surface area contributed by atoms with Gasteiger partial charge in [0.15, 0.2) is 0 Å². The number of benzene rings is 2. The fourth-order valence-corrected chi connectivity index (χ4v) is 3.93. The van der Waals surface area contributed by atoms with Gasteiger partial charge in [-0.3, -0.25) is 0 Å². The molecule has 0 unspecified atom stereocenters. The van der Waals surface area contributed by atoms with Crippen LogP contribution in [0.25, 0.3) is 0 Å². The fourth-order valence-electron chi connectivity index (χ4n) is 3.93. The van der Waals surface area contributed by atoms with Crippen LogP contribution >= 0.6 is 0 Å². The van der Waals surface area contributed by atoms with Gasteiger partial charge in [-0.1, -0.05) is 12.1 Å². The third-order valence-electron chi connectivity index (χ3n) is 5.45. The van der Waals surface area contributed by atoms with Crippen LogP contribution in [0.3, 0.4) is 0 Å². The monoisotopic (exact) mass is 352 g/mol. The summed E-state index contributed by atoms with van der Waals surface area (Å²) in [5.74, 6) is 1.97. The van der Waals surface area contributed by atoms with Gasteiger partial charge in [-0.15, -0.1) is 0 Å². The van der Waals surface area contributed by atoms with E-state index in [9.17, 15) is 0 Å². The topological polar surface area (TPSA) is 34.2 Å². The number of hydrogen-bond acceptors (Lipinski definition) is 5. The van der Waals surface area contributed by atoms with Crippen molar-refractivity contribution in [2.75, 3.05) is 62.4 Å². The van der Waals surface area contributed by atoms with Gasteiger partial charge in [-0.05, 0) is 23.3 Å². The summed E-state index contributed by atoms with van der Waals surface area (Å²) in [5.41, 5.74) is 4.96. The number of anilines is 2. The number of hydrogen-bond donors (Lipinski definition) is 0. The minimum atomic E-state index is 0.795. The molecule has 136 valence electrons. The van der Waals surface area contributed by atoms with E-state index in [4.69, 9.17) is 14.2 Å². The van der Waals surface area contributed by atoms with Gasteiger partial charge in [0.2, 0.25) is 0 Å². The molecule has 2 aromatic rings. The van der Waals surface area contributed by atoms with Crippen molar-refractivity contribution in [1.82, 2.24) is 0 Å². The van der Waals surface area contributed by atoms with Crippen LogP contribution in [0.4, 0.5) is 11.4 Å². The largest absolute Gasteiger partial charge is 0.457 e. The third-order valence-corrected chi connectivity index (χ3v) is 5.45. The first-order chi connectivity index (χ1) is 12.9. The van der Waals surface area contributed by atoms with Crippen molar-refractivity contribution in [3.63, 3.8) is 0 Å². The molecule has 0 radical (unpaired) electrons. The molecule has 0 aromatic heterocycles. The van der Waals surface area contributed by atoms with Gasteiger partial charge in [0, 0.05) is 56.1 Å². The summed E-state index contributed by atoms with van der Waals surface area (Å²) in [6.07, 6.45) is 0.928. The molecule has 3 aliphatic rings. The second-order valence-corrected chi connectivity index (χ2v) is 7.06. The molecule has 2 saturated heterocycles. The zero-order valence-corrected chi connectivity index (χ0v) is 14.9. The van der Waals surface area contributed by atoms with Gasteiger partial charge in [0.25, 0.3) is 0 Å². The Kier molecular flexibility index (Phi) is 4.19. The average Bonchev–Trinajstić information content (AvgIpc) is 2.73. The van der Waals surface area contributed by atoms with Gasteiger partial charge in [0.1, 0.15) is 11.5 Å². The molecule has 5 rings (SSSR count). The van der Waals surface area contributed by atoms with Gasteiger partial charge in [0.05, 0.1) is 26.4 Å². The molecule has 0 N–H and O–H groups in total. The summed E-state index contributed by atoms with van der Waals surface area (Å²) in [6, 6.07) is 13.2. The molecular formula is C21H24N2O3. The molecule has 3 heterocycles. The summed E-state index contributed by atoms with van der Waals surface area (Å²) < 4.78 is 17.3. The van der Waals surface area contributed by atoms with Crippen LogP contribution in [0.15, 0.2) is 36.4 Å². The Bertz CT molecular complexity index is 730. The lowest BCUT2D eigenvalue weighted by Gasteiger charge is -2.31. The van der Waals surface area contributed by atoms with Crippen molar-refractivity contribution in [3.05, 3.63) is 47.5 Å². The van der Waals surface area contributed by atoms with Crippen molar-refractivity contribution < 1.29 is 14.2 Å². The number of fused-ring (bicyclic) bond motifs is 2. The van der Waals surface area contributed by atoms with E-state index in [1.807, 2.05) is 0 Å². The molecule has 26 heavy (non-hydrogen) atoms. The highest BCUT2D eigenvalue weighted by atomic mass is 16.5. The molecule has 5 nitrogen and oxygen atoms in total. The lowest BCUT2D eigenvalue weighted by atomic mass is 9.99. The van der Waals surface area contributed by atoms with E-state index in [-0.39, 0.29) is 0 Å². The van der Waals surface area contributed by atoms with E-state index in [1.165, 1.54) is 22.5 Å². The Morgan fingerprint density at radius 2 is 1.08 bits per heavy atom. The predicted molar refractivity (Wildman–Crippen MR) is 102 cm³/mol. The Hall–Kier alpha value is -2.24. The summed E-state index contributed by atoms with van der Waals surface area (Å²) >= 11 is 0. The molecule has 2 fully saturated rings. The van der Waals surface area contributed by atoms with Crippen LogP contribution in [0.1, 0.15) is 11.1 Å². The number of nitrogens with zero attached hydrogens (tertiary/aromatic N) is 2. The van der Waals surface area contributed by atoms with Crippen LogP contribution in [-0.2, 0) is 15.9 Å². The Morgan fingerprint density at radius 1 is 0.615 bits per heavy atom. The zero-order valence-electron chi connectivity index (χ0n) is 14.9. The van der Waals surface area contributed by atoms with Gasteiger partial charge < -0.3 is 24.0 Å². The second-order valence-electron chi connectivity index (χ2n) is 7.06. The van der Waals surface area contributed by atoms with Crippen LogP contribution in [0.2, 0.25) is 0 Å². The maximum atomic E-state index is 6.32. The van der Waals surface area contributed by atoms with E-state index >= 15 is 0 Å². The molecule has 0 bridgehead atoms. The first-order valence-electron chi connectivity index (χ1n) is 9.46. The fraction of sp³-hybridized carbons (Fsp3) is 0.429. The molecule has 0 saturated carbocycles. The van der Waals surface area contributed by atoms with Crippen LogP contribution in [0, 0.1) is 0 Å². The lowest BCUT2D eigenvalue weighted by Crippen LogP contribution is -2.36. The summed E-state index contributed by atoms with van der Waals surface area (Å²) in [7, 11) is 0. The third kappa shape index (κ3) is 3.02. The van der Waals surface area contributed by atoms with Crippen LogP contribution < -0.4 is 14.5 Å². The number of ether oxygens (including phenoxy) is 3. The summed E-state index contributed by atoms with van der Waals surface area (Å²) in [5, 5.41) is 0. The highest BCUT2D eigenvalue weighted by molar-refractivity contribution is 5.62. The predicted octanol–water partition coefficient (Wildman–Crippen LogP) is 3.06. The second kappa shape index (κ2) is 6.82. The first-order valence-corrected chi connectivity index (χ1v) is 9.46. The van der Waals surface area contributed by atoms with E-state index < -0.39 is 0 Å². The van der Waals surface area contributed by atoms with E-state index in [0.29, 0.717) is 0 Å². The van der Waals surface area contributed by atoms with Gasteiger partial charge in [-0.25, -0.2) is 0 Å². The molecular weight excluding hydrogens is 328 g/mol. The molecule has 0 aliphatic carbocycles. The molecule has 0 atom stereocenters. The Labute approximate surface area is 154 Å². The molecule has 5 heteroatoms. The lowest BCUT2D eigenvalue weighted by molar-refractivity contribution is 0.122. The average molecular weight is 352 g/mol. The molecule has 0 spiro atoms. The summed E-state index contributed by atoms with van der Waals surface area (Å²) in [6.45, 7) is 6.95. The van der Waals surface area contributed by atoms with Gasteiger partial charge in [-0.2, -0.15) is 0 Å². The highest BCUT2D eigenvalue weighted by Crippen LogP contribution is 2.40. The standard InChI is InChI=1S/C21H24N2O3/c1-3-18(22-5-9-24-10-6-22)14-20-16(1)13-17-2-4-19(15-21(17)26-20)23-7-11-25-12-8-23/h1-4,14-15H,5-13H2. The highest BCUT2D eigenvalue weighted by Gasteiger charge is 2.21. The van der Waals surface area contributed by atoms with Gasteiger partial charge >= 0.3 is 0 Å². The summed E-state index contributed by atoms with van der Waals surface area (Å²) in [4.78, 5) is 4.74. The van der Waals surface area contributed by atoms with Crippen molar-refractivity contribution in [3.8, 4) is 11.5 Å². The van der Waals surface area contributed by atoms with Crippen molar-refractivity contribution >= 4 is 11.4 Å². The van der Waals surface area contributed by atoms with Crippen molar-refractivity contribution in [1.29, 1.82) is 0 Å². The van der Waals surface area contributed by atoms with E-state index in [1.54, 1.807) is 0 Å². The SMILES string of the molecule is c1cc2c(cc1N1CCOCC1)Oc1cc(N3CCOCC3)ccc1C2. The van der Waals surface area contributed by atoms with E-state index in [2.05, 4.69) is 46.2 Å². The molecule has 2 aromatic carbocycles. The Balaban J connectivity index is 1.40. The smallest absolute Gasteiger partial charge is 0.133 e. The van der Waals surface area contributed by atoms with Crippen molar-refractivity contribution in [2.24, 2.45) is 0 Å².